The lowest BCUT2D eigenvalue weighted by molar-refractivity contribution is -0.199. The standard InChI is InChI=1S/C31H50O7/c1-26(18-32)13-15-31(25(35)36)16-14-28(3)20(21(31)17-26)7-8-22-27(2,11-10-24(34)38-6)23(30(5,37)19-33)9-12-29(22,28)4/h7,21-23,32-33,37H,8-19H2,1-6H3,(H,35,36)/t21-,22+,23+,26+,27+,28+,29+,30-,31-/m0/s1. The van der Waals surface area contributed by atoms with Crippen molar-refractivity contribution in [3.05, 3.63) is 11.6 Å². The average molecular weight is 535 g/mol. The molecule has 7 heteroatoms. The van der Waals surface area contributed by atoms with Gasteiger partial charge >= 0.3 is 11.9 Å². The molecule has 0 spiro atoms. The van der Waals surface area contributed by atoms with E-state index in [1.165, 1.54) is 12.7 Å². The van der Waals surface area contributed by atoms with Gasteiger partial charge in [-0.3, -0.25) is 9.59 Å². The van der Waals surface area contributed by atoms with E-state index >= 15 is 0 Å². The quantitative estimate of drug-likeness (QED) is 0.275. The summed E-state index contributed by atoms with van der Waals surface area (Å²) in [6.07, 6.45) is 8.88. The highest BCUT2D eigenvalue weighted by atomic mass is 16.5. The smallest absolute Gasteiger partial charge is 0.310 e. The number of carboxylic acid groups (broad SMARTS) is 1. The van der Waals surface area contributed by atoms with Crippen molar-refractivity contribution < 1.29 is 34.8 Å². The Labute approximate surface area is 228 Å². The van der Waals surface area contributed by atoms with Gasteiger partial charge in [0.2, 0.25) is 0 Å². The molecular formula is C31H50O7. The summed E-state index contributed by atoms with van der Waals surface area (Å²) in [5, 5.41) is 42.3. The van der Waals surface area contributed by atoms with Crippen molar-refractivity contribution in [3.8, 4) is 0 Å². The predicted octanol–water partition coefficient (Wildman–Crippen LogP) is 4.72. The number of rotatable bonds is 7. The largest absolute Gasteiger partial charge is 0.481 e. The molecule has 9 atom stereocenters. The van der Waals surface area contributed by atoms with Crippen LogP contribution in [0, 0.1) is 44.8 Å². The van der Waals surface area contributed by atoms with E-state index in [4.69, 9.17) is 4.74 Å². The third kappa shape index (κ3) is 4.09. The predicted molar refractivity (Wildman–Crippen MR) is 144 cm³/mol. The Kier molecular flexibility index (Phi) is 7.45. The van der Waals surface area contributed by atoms with Crippen LogP contribution in [0.4, 0.5) is 0 Å². The highest BCUT2D eigenvalue weighted by Crippen LogP contribution is 2.74. The van der Waals surface area contributed by atoms with Crippen molar-refractivity contribution in [2.75, 3.05) is 20.3 Å². The number of esters is 1. The van der Waals surface area contributed by atoms with Gasteiger partial charge in [-0.25, -0.2) is 0 Å². The third-order valence-corrected chi connectivity index (χ3v) is 12.7. The number of carbonyl (C=O) groups excluding carboxylic acids is 1. The van der Waals surface area contributed by atoms with Gasteiger partial charge in [-0.2, -0.15) is 0 Å². The first-order valence-electron chi connectivity index (χ1n) is 14.5. The summed E-state index contributed by atoms with van der Waals surface area (Å²) in [6, 6.07) is 0. The highest BCUT2D eigenvalue weighted by Gasteiger charge is 2.68. The van der Waals surface area contributed by atoms with Gasteiger partial charge in [0.15, 0.2) is 0 Å². The first kappa shape index (κ1) is 29.5. The zero-order chi connectivity index (χ0) is 28.4. The van der Waals surface area contributed by atoms with Gasteiger partial charge in [0.1, 0.15) is 0 Å². The van der Waals surface area contributed by atoms with Crippen molar-refractivity contribution in [2.45, 2.75) is 104 Å². The fourth-order valence-electron chi connectivity index (χ4n) is 9.99. The molecule has 0 heterocycles. The molecule has 3 fully saturated rings. The second-order valence-electron chi connectivity index (χ2n) is 14.6. The minimum atomic E-state index is -1.27. The Hall–Kier alpha value is -1.44. The van der Waals surface area contributed by atoms with Crippen molar-refractivity contribution >= 4 is 11.9 Å². The number of allylic oxidation sites excluding steroid dienone is 2. The van der Waals surface area contributed by atoms with Gasteiger partial charge in [-0.1, -0.05) is 39.3 Å². The fraction of sp³-hybridized carbons (Fsp3) is 0.871. The number of hydrogen-bond acceptors (Lipinski definition) is 6. The molecule has 4 rings (SSSR count). The van der Waals surface area contributed by atoms with Crippen LogP contribution in [0.3, 0.4) is 0 Å². The molecule has 0 bridgehead atoms. The maximum atomic E-state index is 12.8. The maximum absolute atomic E-state index is 12.8. The van der Waals surface area contributed by atoms with Crippen LogP contribution < -0.4 is 0 Å². The van der Waals surface area contributed by atoms with Crippen molar-refractivity contribution in [2.24, 2.45) is 44.8 Å². The lowest BCUT2D eigenvalue weighted by atomic mass is 9.35. The summed E-state index contributed by atoms with van der Waals surface area (Å²) in [4.78, 5) is 25.1. The van der Waals surface area contributed by atoms with Crippen LogP contribution in [0.1, 0.15) is 98.8 Å². The summed E-state index contributed by atoms with van der Waals surface area (Å²) < 4.78 is 4.98. The molecule has 3 saturated carbocycles. The summed E-state index contributed by atoms with van der Waals surface area (Å²) >= 11 is 0. The SMILES string of the molecule is COC(=O)CC[C@@]1(C)[C@H]([C@@](C)(O)CO)CC[C@]2(C)[C@@H]1CC=C1[C@@H]3C[C@](C)(CO)CC[C@]3(C(=O)O)CC[C@]12C. The van der Waals surface area contributed by atoms with Crippen LogP contribution in [0.15, 0.2) is 11.6 Å². The van der Waals surface area contributed by atoms with Gasteiger partial charge < -0.3 is 25.2 Å². The Bertz CT molecular complexity index is 989. The van der Waals surface area contributed by atoms with E-state index in [9.17, 15) is 30.0 Å². The maximum Gasteiger partial charge on any atom is 0.310 e. The molecule has 7 nitrogen and oxygen atoms in total. The lowest BCUT2D eigenvalue weighted by Gasteiger charge is -2.69. The van der Waals surface area contributed by atoms with Crippen molar-refractivity contribution in [1.82, 2.24) is 0 Å². The number of aliphatic hydroxyl groups is 3. The molecular weight excluding hydrogens is 484 g/mol. The second kappa shape index (κ2) is 9.59. The molecule has 0 aliphatic heterocycles. The molecule has 216 valence electrons. The van der Waals surface area contributed by atoms with Gasteiger partial charge in [0.05, 0.1) is 24.7 Å². The van der Waals surface area contributed by atoms with Crippen LogP contribution >= 0.6 is 0 Å². The van der Waals surface area contributed by atoms with Crippen LogP contribution in [-0.4, -0.2) is 58.3 Å². The van der Waals surface area contributed by atoms with E-state index in [1.54, 1.807) is 6.92 Å². The van der Waals surface area contributed by atoms with E-state index in [2.05, 4.69) is 33.8 Å². The van der Waals surface area contributed by atoms with Crippen LogP contribution in [0.5, 0.6) is 0 Å². The minimum Gasteiger partial charge on any atom is -0.481 e. The lowest BCUT2D eigenvalue weighted by Crippen LogP contribution is -2.64. The van der Waals surface area contributed by atoms with Crippen molar-refractivity contribution in [1.29, 1.82) is 0 Å². The van der Waals surface area contributed by atoms with Crippen molar-refractivity contribution in [3.63, 3.8) is 0 Å². The fourth-order valence-corrected chi connectivity index (χ4v) is 9.99. The molecule has 4 N–H and O–H groups in total. The number of aliphatic carboxylic acids is 1. The highest BCUT2D eigenvalue weighted by molar-refractivity contribution is 5.76. The van der Waals surface area contributed by atoms with E-state index < -0.39 is 22.4 Å². The molecule has 4 aliphatic rings. The van der Waals surface area contributed by atoms with Gasteiger partial charge in [0.25, 0.3) is 0 Å². The summed E-state index contributed by atoms with van der Waals surface area (Å²) in [6.45, 7) is 10.4. The number of methoxy groups -OCH3 is 1. The molecule has 0 amide bonds. The monoisotopic (exact) mass is 534 g/mol. The topological polar surface area (TPSA) is 124 Å². The normalized spacial score (nSPS) is 46.0. The van der Waals surface area contributed by atoms with Crippen LogP contribution in [-0.2, 0) is 14.3 Å². The molecule has 4 aliphatic carbocycles. The molecule has 0 saturated heterocycles. The van der Waals surface area contributed by atoms with E-state index in [0.717, 1.165) is 32.1 Å². The van der Waals surface area contributed by atoms with Crippen LogP contribution in [0.25, 0.3) is 0 Å². The zero-order valence-electron chi connectivity index (χ0n) is 24.3. The number of ether oxygens (including phenoxy) is 1. The Morgan fingerprint density at radius 1 is 1.08 bits per heavy atom. The average Bonchev–Trinajstić information content (AvgIpc) is 2.87. The molecule has 0 aromatic rings. The Morgan fingerprint density at radius 3 is 2.32 bits per heavy atom. The van der Waals surface area contributed by atoms with Crippen LogP contribution in [0.2, 0.25) is 0 Å². The number of carboxylic acids is 1. The van der Waals surface area contributed by atoms with Gasteiger partial charge in [-0.15, -0.1) is 0 Å². The Balaban J connectivity index is 1.82. The first-order valence-corrected chi connectivity index (χ1v) is 14.5. The third-order valence-electron chi connectivity index (χ3n) is 12.7. The zero-order valence-corrected chi connectivity index (χ0v) is 24.3. The minimum absolute atomic E-state index is 0.0621. The number of carbonyl (C=O) groups is 2. The van der Waals surface area contributed by atoms with Gasteiger partial charge in [-0.05, 0) is 104 Å². The Morgan fingerprint density at radius 2 is 1.74 bits per heavy atom. The van der Waals surface area contributed by atoms with E-state index in [0.29, 0.717) is 25.7 Å². The second-order valence-corrected chi connectivity index (χ2v) is 14.6. The summed E-state index contributed by atoms with van der Waals surface area (Å²) in [5.74, 6) is -1.12. The number of fused-ring (bicyclic) bond motifs is 5. The summed E-state index contributed by atoms with van der Waals surface area (Å²) in [5.41, 5.74) is -1.90. The van der Waals surface area contributed by atoms with E-state index in [1.807, 2.05) is 0 Å². The first-order chi connectivity index (χ1) is 17.6. The van der Waals surface area contributed by atoms with Gasteiger partial charge in [0, 0.05) is 13.0 Å². The molecule has 0 aromatic carbocycles. The molecule has 0 aromatic heterocycles. The summed E-state index contributed by atoms with van der Waals surface area (Å²) in [7, 11) is 1.40. The number of hydrogen-bond donors (Lipinski definition) is 4. The number of aliphatic hydroxyl groups excluding tert-OH is 2. The molecule has 38 heavy (non-hydrogen) atoms. The molecule has 0 unspecified atom stereocenters. The van der Waals surface area contributed by atoms with E-state index in [-0.39, 0.29) is 59.6 Å². The molecule has 0 radical (unpaired) electrons.